The van der Waals surface area contributed by atoms with Gasteiger partial charge >= 0.3 is 5.97 Å². The van der Waals surface area contributed by atoms with E-state index in [0.717, 1.165) is 17.9 Å². The summed E-state index contributed by atoms with van der Waals surface area (Å²) in [6.45, 7) is 0. The summed E-state index contributed by atoms with van der Waals surface area (Å²) in [6.07, 6.45) is 1.15. The summed E-state index contributed by atoms with van der Waals surface area (Å²) >= 11 is 1.94. The summed E-state index contributed by atoms with van der Waals surface area (Å²) in [5.41, 5.74) is 7.60. The molecule has 0 spiro atoms. The first-order valence-corrected chi connectivity index (χ1v) is 6.68. The molecule has 2 rings (SSSR count). The minimum absolute atomic E-state index is 0.237. The predicted molar refractivity (Wildman–Crippen MR) is 71.9 cm³/mol. The number of hydrogen-bond donors (Lipinski definition) is 2. The van der Waals surface area contributed by atoms with E-state index in [4.69, 9.17) is 10.8 Å². The summed E-state index contributed by atoms with van der Waals surface area (Å²) in [5.74, 6) is 1.35. The van der Waals surface area contributed by atoms with Crippen LogP contribution in [0.15, 0.2) is 18.2 Å². The molecule has 92 valence electrons. The van der Waals surface area contributed by atoms with Crippen molar-refractivity contribution < 1.29 is 9.90 Å². The lowest BCUT2D eigenvalue weighted by Crippen LogP contribution is -2.31. The zero-order chi connectivity index (χ0) is 12.4. The fraction of sp³-hybridized carbons (Fsp3) is 0.417. The minimum Gasteiger partial charge on any atom is -0.478 e. The number of thioether (sulfide) groups is 1. The first-order chi connectivity index (χ1) is 8.09. The molecule has 1 aliphatic heterocycles. The third-order valence-corrected chi connectivity index (χ3v) is 4.25. The monoisotopic (exact) mass is 252 g/mol. The Morgan fingerprint density at radius 3 is 2.88 bits per heavy atom. The minimum atomic E-state index is -0.942. The molecule has 17 heavy (non-hydrogen) atoms. The highest BCUT2D eigenvalue weighted by Gasteiger charge is 2.21. The van der Waals surface area contributed by atoms with E-state index >= 15 is 0 Å². The molecule has 1 saturated heterocycles. The first-order valence-electron chi connectivity index (χ1n) is 5.53. The van der Waals surface area contributed by atoms with Crippen LogP contribution in [0.1, 0.15) is 16.8 Å². The smallest absolute Gasteiger partial charge is 0.335 e. The Morgan fingerprint density at radius 1 is 1.59 bits per heavy atom. The summed E-state index contributed by atoms with van der Waals surface area (Å²) in [5, 5.41) is 8.88. The Kier molecular flexibility index (Phi) is 3.47. The van der Waals surface area contributed by atoms with Gasteiger partial charge in [-0.1, -0.05) is 0 Å². The van der Waals surface area contributed by atoms with Crippen LogP contribution >= 0.6 is 11.8 Å². The van der Waals surface area contributed by atoms with Crippen LogP contribution < -0.4 is 10.6 Å². The van der Waals surface area contributed by atoms with Crippen LogP contribution in [0.25, 0.3) is 0 Å². The van der Waals surface area contributed by atoms with Gasteiger partial charge in [0.2, 0.25) is 0 Å². The molecule has 0 radical (unpaired) electrons. The number of hydrogen-bond acceptors (Lipinski definition) is 4. The molecule has 1 heterocycles. The number of rotatable bonds is 3. The van der Waals surface area contributed by atoms with Gasteiger partial charge in [0, 0.05) is 18.8 Å². The van der Waals surface area contributed by atoms with Crippen molar-refractivity contribution in [1.82, 2.24) is 0 Å². The third-order valence-electron chi connectivity index (χ3n) is 3.11. The zero-order valence-electron chi connectivity index (χ0n) is 9.72. The quantitative estimate of drug-likeness (QED) is 0.804. The van der Waals surface area contributed by atoms with Gasteiger partial charge in [-0.25, -0.2) is 4.79 Å². The van der Waals surface area contributed by atoms with Crippen LogP contribution in [-0.4, -0.2) is 35.7 Å². The molecular weight excluding hydrogens is 236 g/mol. The van der Waals surface area contributed by atoms with E-state index < -0.39 is 5.97 Å². The summed E-state index contributed by atoms with van der Waals surface area (Å²) in [7, 11) is 2.02. The second kappa shape index (κ2) is 4.87. The number of carboxylic acids is 1. The molecule has 0 bridgehead atoms. The number of anilines is 2. The molecule has 1 aromatic rings. The molecule has 1 atom stereocenters. The molecule has 4 nitrogen and oxygen atoms in total. The lowest BCUT2D eigenvalue weighted by Gasteiger charge is -2.27. The Balaban J connectivity index is 2.23. The summed E-state index contributed by atoms with van der Waals surface area (Å²) < 4.78 is 0. The van der Waals surface area contributed by atoms with E-state index in [9.17, 15) is 4.79 Å². The van der Waals surface area contributed by atoms with Crippen LogP contribution in [0.2, 0.25) is 0 Å². The summed E-state index contributed by atoms with van der Waals surface area (Å²) in [6, 6.07) is 5.42. The highest BCUT2D eigenvalue weighted by molar-refractivity contribution is 7.99. The van der Waals surface area contributed by atoms with Crippen molar-refractivity contribution in [3.05, 3.63) is 23.8 Å². The molecule has 1 aliphatic rings. The second-order valence-corrected chi connectivity index (χ2v) is 5.36. The first kappa shape index (κ1) is 12.1. The highest BCUT2D eigenvalue weighted by Crippen LogP contribution is 2.30. The topological polar surface area (TPSA) is 66.6 Å². The van der Waals surface area contributed by atoms with Crippen LogP contribution in [-0.2, 0) is 0 Å². The van der Waals surface area contributed by atoms with Gasteiger partial charge in [0.15, 0.2) is 0 Å². The second-order valence-electron chi connectivity index (χ2n) is 4.21. The Bertz CT molecular complexity index is 431. The van der Waals surface area contributed by atoms with E-state index in [1.54, 1.807) is 12.1 Å². The average molecular weight is 252 g/mol. The van der Waals surface area contributed by atoms with Crippen LogP contribution in [0.3, 0.4) is 0 Å². The van der Waals surface area contributed by atoms with Crippen molar-refractivity contribution >= 4 is 29.1 Å². The van der Waals surface area contributed by atoms with E-state index in [1.165, 1.54) is 11.8 Å². The molecule has 0 aromatic heterocycles. The number of nitrogens with two attached hydrogens (primary N) is 1. The zero-order valence-corrected chi connectivity index (χ0v) is 10.5. The molecule has 1 aromatic carbocycles. The number of benzene rings is 1. The van der Waals surface area contributed by atoms with Gasteiger partial charge in [0.05, 0.1) is 16.9 Å². The van der Waals surface area contributed by atoms with E-state index in [0.29, 0.717) is 11.7 Å². The van der Waals surface area contributed by atoms with Gasteiger partial charge < -0.3 is 15.7 Å². The van der Waals surface area contributed by atoms with E-state index in [2.05, 4.69) is 4.90 Å². The molecule has 1 fully saturated rings. The largest absolute Gasteiger partial charge is 0.478 e. The molecule has 3 N–H and O–H groups in total. The van der Waals surface area contributed by atoms with Gasteiger partial charge in [-0.3, -0.25) is 0 Å². The Labute approximate surface area is 105 Å². The molecule has 0 saturated carbocycles. The molecular formula is C12H16N2O2S. The molecule has 1 unspecified atom stereocenters. The maximum Gasteiger partial charge on any atom is 0.335 e. The van der Waals surface area contributed by atoms with Crippen LogP contribution in [0.4, 0.5) is 11.4 Å². The van der Waals surface area contributed by atoms with Gasteiger partial charge in [-0.15, -0.1) is 0 Å². The molecule has 0 amide bonds. The predicted octanol–water partition coefficient (Wildman–Crippen LogP) is 1.91. The number of nitrogens with zero attached hydrogens (tertiary/aromatic N) is 1. The van der Waals surface area contributed by atoms with E-state index in [-0.39, 0.29) is 5.56 Å². The highest BCUT2D eigenvalue weighted by atomic mass is 32.2. The van der Waals surface area contributed by atoms with Crippen molar-refractivity contribution in [2.75, 3.05) is 29.2 Å². The van der Waals surface area contributed by atoms with Crippen molar-refractivity contribution in [1.29, 1.82) is 0 Å². The van der Waals surface area contributed by atoms with Crippen LogP contribution in [0, 0.1) is 0 Å². The third kappa shape index (κ3) is 2.49. The normalized spacial score (nSPS) is 19.2. The lowest BCUT2D eigenvalue weighted by molar-refractivity contribution is 0.0697. The number of carboxylic acid groups (broad SMARTS) is 1. The fourth-order valence-corrected chi connectivity index (χ4v) is 3.30. The maximum atomic E-state index is 10.8. The van der Waals surface area contributed by atoms with Gasteiger partial charge in [0.1, 0.15) is 0 Å². The molecule has 5 heteroatoms. The Hall–Kier alpha value is -1.36. The van der Waals surface area contributed by atoms with Gasteiger partial charge in [-0.05, 0) is 30.4 Å². The summed E-state index contributed by atoms with van der Waals surface area (Å²) in [4.78, 5) is 13.0. The molecule has 0 aliphatic carbocycles. The van der Waals surface area contributed by atoms with E-state index in [1.807, 2.05) is 18.8 Å². The van der Waals surface area contributed by atoms with Crippen molar-refractivity contribution in [3.63, 3.8) is 0 Å². The van der Waals surface area contributed by atoms with Crippen molar-refractivity contribution in [2.24, 2.45) is 0 Å². The number of nitrogen functional groups attached to an aromatic ring is 1. The fourth-order valence-electron chi connectivity index (χ4n) is 2.03. The Morgan fingerprint density at radius 2 is 2.35 bits per heavy atom. The number of carbonyl (C=O) groups is 1. The van der Waals surface area contributed by atoms with Crippen molar-refractivity contribution in [2.45, 2.75) is 12.5 Å². The number of aromatic carboxylic acids is 1. The van der Waals surface area contributed by atoms with Crippen molar-refractivity contribution in [3.8, 4) is 0 Å². The van der Waals surface area contributed by atoms with Gasteiger partial charge in [0.25, 0.3) is 0 Å². The lowest BCUT2D eigenvalue weighted by atomic mass is 10.1. The van der Waals surface area contributed by atoms with Gasteiger partial charge in [-0.2, -0.15) is 11.8 Å². The SMILES string of the molecule is CN(c1ccc(C(=O)O)cc1N)C1CCSC1. The van der Waals surface area contributed by atoms with Crippen LogP contribution in [0.5, 0.6) is 0 Å². The standard InChI is InChI=1S/C12H16N2O2S/c1-14(9-4-5-17-7-9)11-3-2-8(12(15)16)6-10(11)13/h2-3,6,9H,4-5,7,13H2,1H3,(H,15,16). The maximum absolute atomic E-state index is 10.8. The average Bonchev–Trinajstić information content (AvgIpc) is 2.81.